The summed E-state index contributed by atoms with van der Waals surface area (Å²) in [5.41, 5.74) is 8.09. The Morgan fingerprint density at radius 2 is 1.66 bits per heavy atom. The fourth-order valence-electron chi connectivity index (χ4n) is 3.42. The van der Waals surface area contributed by atoms with E-state index in [1.54, 1.807) is 25.1 Å². The zero-order valence-corrected chi connectivity index (χ0v) is 16.1. The molecule has 0 radical (unpaired) electrons. The van der Waals surface area contributed by atoms with E-state index in [-0.39, 0.29) is 5.91 Å². The van der Waals surface area contributed by atoms with E-state index in [1.807, 2.05) is 35.2 Å². The highest BCUT2D eigenvalue weighted by atomic mass is 16.2. The van der Waals surface area contributed by atoms with Crippen molar-refractivity contribution in [2.24, 2.45) is 5.73 Å². The van der Waals surface area contributed by atoms with E-state index in [0.29, 0.717) is 43.2 Å². The molecule has 0 bridgehead atoms. The number of nitrogens with zero attached hydrogens (tertiary/aromatic N) is 4. The lowest BCUT2D eigenvalue weighted by Crippen LogP contribution is -2.48. The van der Waals surface area contributed by atoms with Gasteiger partial charge in [-0.05, 0) is 30.3 Å². The second-order valence-electron chi connectivity index (χ2n) is 6.95. The third kappa shape index (κ3) is 3.96. The van der Waals surface area contributed by atoms with Crippen LogP contribution in [0.1, 0.15) is 17.3 Å². The van der Waals surface area contributed by atoms with Crippen LogP contribution in [0.4, 0.5) is 17.3 Å². The van der Waals surface area contributed by atoms with E-state index < -0.39 is 5.91 Å². The van der Waals surface area contributed by atoms with Gasteiger partial charge in [0, 0.05) is 44.4 Å². The Labute approximate surface area is 168 Å². The Balaban J connectivity index is 1.70. The molecule has 0 spiro atoms. The molecule has 8 nitrogen and oxygen atoms in total. The van der Waals surface area contributed by atoms with Crippen LogP contribution < -0.4 is 16.0 Å². The molecule has 3 aromatic rings. The summed E-state index contributed by atoms with van der Waals surface area (Å²) >= 11 is 0. The first-order chi connectivity index (χ1) is 14.0. The van der Waals surface area contributed by atoms with Gasteiger partial charge >= 0.3 is 0 Å². The number of amides is 2. The smallest absolute Gasteiger partial charge is 0.248 e. The van der Waals surface area contributed by atoms with Gasteiger partial charge in [-0.2, -0.15) is 0 Å². The lowest BCUT2D eigenvalue weighted by Gasteiger charge is -2.35. The lowest BCUT2D eigenvalue weighted by molar-refractivity contribution is -0.129. The van der Waals surface area contributed by atoms with Gasteiger partial charge < -0.3 is 20.9 Å². The van der Waals surface area contributed by atoms with E-state index in [4.69, 9.17) is 15.7 Å². The molecule has 0 unspecified atom stereocenters. The molecule has 0 aliphatic carbocycles. The Hall–Kier alpha value is -3.68. The molecule has 0 saturated carbocycles. The van der Waals surface area contributed by atoms with Gasteiger partial charge in [-0.15, -0.1) is 0 Å². The molecule has 2 heterocycles. The van der Waals surface area contributed by atoms with Crippen LogP contribution in [0.3, 0.4) is 0 Å². The Morgan fingerprint density at radius 1 is 0.966 bits per heavy atom. The van der Waals surface area contributed by atoms with Gasteiger partial charge in [0.1, 0.15) is 0 Å². The zero-order chi connectivity index (χ0) is 20.4. The maximum atomic E-state index is 11.6. The minimum absolute atomic E-state index is 0.0795. The van der Waals surface area contributed by atoms with Crippen molar-refractivity contribution in [2.45, 2.75) is 6.92 Å². The Bertz CT molecular complexity index is 1080. The van der Waals surface area contributed by atoms with Crippen LogP contribution in [0.25, 0.3) is 11.0 Å². The summed E-state index contributed by atoms with van der Waals surface area (Å²) in [6.07, 6.45) is 0. The largest absolute Gasteiger partial charge is 0.366 e. The SMILES string of the molecule is CC(=O)N1CCN(c2nc3ccccc3nc2Nc2cccc(C(N)=O)c2)CC1. The van der Waals surface area contributed by atoms with Crippen molar-refractivity contribution in [3.63, 3.8) is 0 Å². The van der Waals surface area contributed by atoms with Crippen LogP contribution in [0, 0.1) is 0 Å². The third-order valence-corrected chi connectivity index (χ3v) is 4.99. The van der Waals surface area contributed by atoms with Gasteiger partial charge in [0.2, 0.25) is 11.8 Å². The lowest BCUT2D eigenvalue weighted by atomic mass is 10.2. The molecule has 1 fully saturated rings. The molecular formula is C21H22N6O2. The standard InChI is InChI=1S/C21H22N6O2/c1-14(28)26-9-11-27(12-10-26)21-20(24-17-7-2-3-8-18(17)25-21)23-16-6-4-5-15(13-16)19(22)29/h2-8,13H,9-12H2,1H3,(H2,22,29)(H,23,24). The number of carbonyl (C=O) groups is 2. The molecule has 1 aliphatic rings. The van der Waals surface area contributed by atoms with E-state index in [2.05, 4.69) is 10.2 Å². The molecule has 4 rings (SSSR count). The van der Waals surface area contributed by atoms with Crippen molar-refractivity contribution in [3.8, 4) is 0 Å². The molecule has 1 aliphatic heterocycles. The van der Waals surface area contributed by atoms with Gasteiger partial charge in [0.25, 0.3) is 0 Å². The summed E-state index contributed by atoms with van der Waals surface area (Å²) in [4.78, 5) is 36.7. The summed E-state index contributed by atoms with van der Waals surface area (Å²) < 4.78 is 0. The summed E-state index contributed by atoms with van der Waals surface area (Å²) in [7, 11) is 0. The number of hydrogen-bond acceptors (Lipinski definition) is 6. The summed E-state index contributed by atoms with van der Waals surface area (Å²) in [6.45, 7) is 4.20. The molecule has 1 saturated heterocycles. The number of benzene rings is 2. The number of carbonyl (C=O) groups excluding carboxylic acids is 2. The van der Waals surface area contributed by atoms with Crippen LogP contribution in [0.5, 0.6) is 0 Å². The highest BCUT2D eigenvalue weighted by Crippen LogP contribution is 2.29. The number of fused-ring (bicyclic) bond motifs is 1. The fraction of sp³-hybridized carbons (Fsp3) is 0.238. The molecular weight excluding hydrogens is 368 g/mol. The van der Waals surface area contributed by atoms with E-state index >= 15 is 0 Å². The molecule has 2 aromatic carbocycles. The minimum atomic E-state index is -0.487. The van der Waals surface area contributed by atoms with Crippen LogP contribution in [-0.2, 0) is 4.79 Å². The first-order valence-electron chi connectivity index (χ1n) is 9.45. The maximum Gasteiger partial charge on any atom is 0.248 e. The van der Waals surface area contributed by atoms with Crippen molar-refractivity contribution in [2.75, 3.05) is 36.4 Å². The zero-order valence-electron chi connectivity index (χ0n) is 16.1. The summed E-state index contributed by atoms with van der Waals surface area (Å²) in [5.74, 6) is 0.910. The van der Waals surface area contributed by atoms with Gasteiger partial charge in [-0.3, -0.25) is 9.59 Å². The summed E-state index contributed by atoms with van der Waals surface area (Å²) in [6, 6.07) is 14.7. The van der Waals surface area contributed by atoms with Crippen LogP contribution in [0.15, 0.2) is 48.5 Å². The number of hydrogen-bond donors (Lipinski definition) is 2. The third-order valence-electron chi connectivity index (χ3n) is 4.99. The summed E-state index contributed by atoms with van der Waals surface area (Å²) in [5, 5.41) is 3.29. The Kier molecular flexibility index (Phi) is 4.99. The van der Waals surface area contributed by atoms with Gasteiger partial charge in [0.05, 0.1) is 11.0 Å². The van der Waals surface area contributed by atoms with Gasteiger partial charge in [-0.25, -0.2) is 9.97 Å². The fourth-order valence-corrected chi connectivity index (χ4v) is 3.42. The molecule has 148 valence electrons. The molecule has 1 aromatic heterocycles. The first kappa shape index (κ1) is 18.7. The highest BCUT2D eigenvalue weighted by Gasteiger charge is 2.23. The topological polar surface area (TPSA) is 104 Å². The molecule has 8 heteroatoms. The van der Waals surface area contributed by atoms with Crippen molar-refractivity contribution in [1.29, 1.82) is 0 Å². The maximum absolute atomic E-state index is 11.6. The van der Waals surface area contributed by atoms with Crippen molar-refractivity contribution < 1.29 is 9.59 Å². The predicted molar refractivity (Wildman–Crippen MR) is 112 cm³/mol. The number of rotatable bonds is 4. The van der Waals surface area contributed by atoms with Crippen molar-refractivity contribution >= 4 is 40.2 Å². The van der Waals surface area contributed by atoms with E-state index in [0.717, 1.165) is 16.9 Å². The van der Waals surface area contributed by atoms with Crippen molar-refractivity contribution in [3.05, 3.63) is 54.1 Å². The first-order valence-corrected chi connectivity index (χ1v) is 9.45. The number of aromatic nitrogens is 2. The molecule has 0 atom stereocenters. The average Bonchev–Trinajstić information content (AvgIpc) is 2.73. The normalized spacial score (nSPS) is 14.1. The van der Waals surface area contributed by atoms with E-state index in [9.17, 15) is 9.59 Å². The van der Waals surface area contributed by atoms with Crippen LogP contribution >= 0.6 is 0 Å². The highest BCUT2D eigenvalue weighted by molar-refractivity contribution is 5.94. The van der Waals surface area contributed by atoms with Crippen LogP contribution in [0.2, 0.25) is 0 Å². The molecule has 2 amide bonds. The number of nitrogens with one attached hydrogen (secondary N) is 1. The number of piperazine rings is 1. The quantitative estimate of drug-likeness (QED) is 0.707. The molecule has 29 heavy (non-hydrogen) atoms. The molecule has 3 N–H and O–H groups in total. The monoisotopic (exact) mass is 390 g/mol. The van der Waals surface area contributed by atoms with E-state index in [1.165, 1.54) is 0 Å². The number of primary amides is 1. The number of anilines is 3. The second kappa shape index (κ2) is 7.75. The minimum Gasteiger partial charge on any atom is -0.366 e. The van der Waals surface area contributed by atoms with Crippen molar-refractivity contribution in [1.82, 2.24) is 14.9 Å². The number of para-hydroxylation sites is 2. The van der Waals surface area contributed by atoms with Gasteiger partial charge in [-0.1, -0.05) is 18.2 Å². The average molecular weight is 390 g/mol. The Morgan fingerprint density at radius 3 is 2.31 bits per heavy atom. The number of nitrogens with two attached hydrogens (primary N) is 1. The second-order valence-corrected chi connectivity index (χ2v) is 6.95. The van der Waals surface area contributed by atoms with Gasteiger partial charge in [0.15, 0.2) is 11.6 Å². The predicted octanol–water partition coefficient (Wildman–Crippen LogP) is 2.14. The van der Waals surface area contributed by atoms with Crippen LogP contribution in [-0.4, -0.2) is 52.9 Å².